The molecule has 30 heavy (non-hydrogen) atoms. The van der Waals surface area contributed by atoms with Crippen LogP contribution in [-0.4, -0.2) is 46.4 Å². The third-order valence-electron chi connectivity index (χ3n) is 4.36. The lowest BCUT2D eigenvalue weighted by atomic mass is 10.3. The normalized spacial score (nSPS) is 13.4. The fourth-order valence-corrected chi connectivity index (χ4v) is 4.87. The van der Waals surface area contributed by atoms with Crippen LogP contribution in [-0.2, 0) is 14.6 Å². The highest BCUT2D eigenvalue weighted by molar-refractivity contribution is 7.91. The largest absolute Gasteiger partial charge is 0.486 e. The fourth-order valence-electron chi connectivity index (χ4n) is 2.93. The van der Waals surface area contributed by atoms with Crippen molar-refractivity contribution in [2.45, 2.75) is 23.3 Å². The Hall–Kier alpha value is -2.56. The average molecular weight is 451 g/mol. The number of rotatable bonds is 9. The second kappa shape index (κ2) is 9.07. The van der Waals surface area contributed by atoms with E-state index in [1.165, 1.54) is 23.5 Å². The molecule has 10 heteroatoms. The van der Waals surface area contributed by atoms with E-state index in [2.05, 4.69) is 10.3 Å². The van der Waals surface area contributed by atoms with Crippen LogP contribution >= 0.6 is 11.3 Å². The minimum atomic E-state index is -3.95. The van der Waals surface area contributed by atoms with Gasteiger partial charge in [-0.05, 0) is 36.9 Å². The summed E-state index contributed by atoms with van der Waals surface area (Å²) in [6.07, 6.45) is 0.701. The maximum Gasteiger partial charge on any atom is 0.240 e. The molecule has 1 aromatic carbocycles. The van der Waals surface area contributed by atoms with Crippen molar-refractivity contribution in [2.75, 3.05) is 38.3 Å². The van der Waals surface area contributed by atoms with Gasteiger partial charge in [0.2, 0.25) is 26.6 Å². The second-order valence-corrected chi connectivity index (χ2v) is 9.23. The van der Waals surface area contributed by atoms with Gasteiger partial charge in [-0.15, -0.1) is 11.3 Å². The molecule has 0 saturated carbocycles. The lowest BCUT2D eigenvalue weighted by Gasteiger charge is -2.18. The molecule has 3 aromatic rings. The van der Waals surface area contributed by atoms with E-state index in [-0.39, 0.29) is 21.7 Å². The Bertz CT molecular complexity index is 1090. The first-order valence-electron chi connectivity index (χ1n) is 9.60. The quantitative estimate of drug-likeness (QED) is 0.491. The molecule has 1 aliphatic heterocycles. The second-order valence-electron chi connectivity index (χ2n) is 6.42. The van der Waals surface area contributed by atoms with Gasteiger partial charge in [0.15, 0.2) is 11.5 Å². The molecule has 0 unspecified atom stereocenters. The number of nitrogens with zero attached hydrogens (tertiary/aromatic N) is 1. The zero-order valence-corrected chi connectivity index (χ0v) is 18.1. The number of hydrogen-bond donors (Lipinski definition) is 1. The summed E-state index contributed by atoms with van der Waals surface area (Å²) in [7, 11) is -3.95. The Balaban J connectivity index is 1.66. The van der Waals surface area contributed by atoms with Crippen molar-refractivity contribution < 1.29 is 27.0 Å². The van der Waals surface area contributed by atoms with Gasteiger partial charge in [-0.1, -0.05) is 6.07 Å². The number of ether oxygens (including phenoxy) is 3. The third kappa shape index (κ3) is 4.30. The van der Waals surface area contributed by atoms with Crippen molar-refractivity contribution in [1.29, 1.82) is 0 Å². The number of thiophene rings is 1. The zero-order chi connectivity index (χ0) is 21.0. The van der Waals surface area contributed by atoms with Crippen molar-refractivity contribution in [3.8, 4) is 22.3 Å². The molecule has 0 fully saturated rings. The van der Waals surface area contributed by atoms with Gasteiger partial charge in [0.25, 0.3) is 0 Å². The lowest BCUT2D eigenvalue weighted by molar-refractivity contribution is 0.147. The lowest BCUT2D eigenvalue weighted by Crippen LogP contribution is -2.16. The number of fused-ring (bicyclic) bond motifs is 1. The number of oxazole rings is 1. The summed E-state index contributed by atoms with van der Waals surface area (Å²) in [4.78, 5) is 5.13. The molecule has 4 rings (SSSR count). The summed E-state index contributed by atoms with van der Waals surface area (Å²) in [6.45, 7) is 4.42. The molecule has 0 atom stereocenters. The summed E-state index contributed by atoms with van der Waals surface area (Å²) in [6, 6.07) is 8.23. The van der Waals surface area contributed by atoms with Gasteiger partial charge >= 0.3 is 0 Å². The highest BCUT2D eigenvalue weighted by atomic mass is 32.2. The number of hydrogen-bond acceptors (Lipinski definition) is 9. The summed E-state index contributed by atoms with van der Waals surface area (Å²) in [5.74, 6) is 1.29. The molecule has 0 radical (unpaired) electrons. The maximum atomic E-state index is 13.4. The molecule has 0 saturated heterocycles. The van der Waals surface area contributed by atoms with Crippen LogP contribution in [0.25, 0.3) is 10.8 Å². The Morgan fingerprint density at radius 2 is 2.03 bits per heavy atom. The first-order chi connectivity index (χ1) is 14.6. The van der Waals surface area contributed by atoms with Crippen molar-refractivity contribution in [2.24, 2.45) is 0 Å². The van der Waals surface area contributed by atoms with Crippen LogP contribution in [0.3, 0.4) is 0 Å². The number of sulfone groups is 1. The molecule has 0 spiro atoms. The SMILES string of the molecule is CCOCCCNc1oc(-c2cccs2)nc1S(=O)(=O)c1ccc2c(c1)OCCO2. The van der Waals surface area contributed by atoms with Gasteiger partial charge in [0.05, 0.1) is 9.77 Å². The van der Waals surface area contributed by atoms with E-state index in [9.17, 15) is 8.42 Å². The van der Waals surface area contributed by atoms with E-state index >= 15 is 0 Å². The number of benzene rings is 1. The van der Waals surface area contributed by atoms with E-state index in [0.717, 1.165) is 4.88 Å². The Morgan fingerprint density at radius 1 is 1.20 bits per heavy atom. The summed E-state index contributed by atoms with van der Waals surface area (Å²) < 4.78 is 48.9. The molecule has 1 aliphatic rings. The van der Waals surface area contributed by atoms with E-state index < -0.39 is 9.84 Å². The maximum absolute atomic E-state index is 13.4. The zero-order valence-electron chi connectivity index (χ0n) is 16.4. The van der Waals surface area contributed by atoms with Crippen molar-refractivity contribution in [3.05, 3.63) is 35.7 Å². The van der Waals surface area contributed by atoms with Crippen LogP contribution in [0.1, 0.15) is 13.3 Å². The fraction of sp³-hybridized carbons (Fsp3) is 0.350. The molecule has 0 bridgehead atoms. The van der Waals surface area contributed by atoms with Gasteiger partial charge in [-0.2, -0.15) is 4.98 Å². The topological polar surface area (TPSA) is 99.9 Å². The Morgan fingerprint density at radius 3 is 2.80 bits per heavy atom. The molecule has 3 heterocycles. The standard InChI is InChI=1S/C20H22N2O6S2/c1-2-25-9-4-8-21-19-20(22-18(28-19)17-5-3-12-29-17)30(23,24)14-6-7-15-16(13-14)27-11-10-26-15/h3,5-7,12-13,21H,2,4,8-11H2,1H3. The number of nitrogens with one attached hydrogen (secondary N) is 1. The van der Waals surface area contributed by atoms with Crippen LogP contribution in [0.5, 0.6) is 11.5 Å². The first-order valence-corrected chi connectivity index (χ1v) is 12.0. The predicted molar refractivity (Wildman–Crippen MR) is 112 cm³/mol. The summed E-state index contributed by atoms with van der Waals surface area (Å²) >= 11 is 1.42. The molecule has 160 valence electrons. The van der Waals surface area contributed by atoms with Gasteiger partial charge in [0, 0.05) is 25.8 Å². The molecule has 0 amide bonds. The molecular formula is C20H22N2O6S2. The van der Waals surface area contributed by atoms with Crippen molar-refractivity contribution >= 4 is 27.1 Å². The molecule has 1 N–H and O–H groups in total. The smallest absolute Gasteiger partial charge is 0.240 e. The van der Waals surface area contributed by atoms with Gasteiger partial charge in [0.1, 0.15) is 13.2 Å². The molecule has 8 nitrogen and oxygen atoms in total. The first kappa shape index (κ1) is 20.7. The van der Waals surface area contributed by atoms with Crippen molar-refractivity contribution in [1.82, 2.24) is 4.98 Å². The van der Waals surface area contributed by atoms with Gasteiger partial charge in [-0.3, -0.25) is 0 Å². The van der Waals surface area contributed by atoms with Crippen LogP contribution in [0, 0.1) is 0 Å². The van der Waals surface area contributed by atoms with E-state index in [4.69, 9.17) is 18.6 Å². The minimum absolute atomic E-state index is 0.0649. The average Bonchev–Trinajstić information content (AvgIpc) is 3.43. The van der Waals surface area contributed by atoms with Gasteiger partial charge < -0.3 is 23.9 Å². The van der Waals surface area contributed by atoms with Crippen LogP contribution in [0.4, 0.5) is 5.88 Å². The Kier molecular flexibility index (Phi) is 6.26. The van der Waals surface area contributed by atoms with Crippen LogP contribution in [0.2, 0.25) is 0 Å². The van der Waals surface area contributed by atoms with Crippen LogP contribution < -0.4 is 14.8 Å². The number of anilines is 1. The monoisotopic (exact) mass is 450 g/mol. The molecular weight excluding hydrogens is 428 g/mol. The predicted octanol–water partition coefficient (Wildman–Crippen LogP) is 3.85. The van der Waals surface area contributed by atoms with Crippen molar-refractivity contribution in [3.63, 3.8) is 0 Å². The Labute approximate surface area is 178 Å². The van der Waals surface area contributed by atoms with Gasteiger partial charge in [-0.25, -0.2) is 8.42 Å². The number of aromatic nitrogens is 1. The summed E-state index contributed by atoms with van der Waals surface area (Å²) in [5.41, 5.74) is 0. The molecule has 2 aromatic heterocycles. The van der Waals surface area contributed by atoms with E-state index in [1.54, 1.807) is 6.07 Å². The minimum Gasteiger partial charge on any atom is -0.486 e. The third-order valence-corrected chi connectivity index (χ3v) is 6.88. The summed E-state index contributed by atoms with van der Waals surface area (Å²) in [5, 5.41) is 4.78. The highest BCUT2D eigenvalue weighted by Crippen LogP contribution is 2.37. The van der Waals surface area contributed by atoms with E-state index in [1.807, 2.05) is 24.4 Å². The van der Waals surface area contributed by atoms with E-state index in [0.29, 0.717) is 50.9 Å². The molecule has 0 aliphatic carbocycles. The highest BCUT2D eigenvalue weighted by Gasteiger charge is 2.30. The van der Waals surface area contributed by atoms with Crippen LogP contribution in [0.15, 0.2) is 50.1 Å².